The zero-order valence-electron chi connectivity index (χ0n) is 15.4. The highest BCUT2D eigenvalue weighted by molar-refractivity contribution is 7.08. The number of halogens is 1. The maximum atomic E-state index is 14.8. The normalized spacial score (nSPS) is 14.4. The fourth-order valence-electron chi connectivity index (χ4n) is 3.15. The monoisotopic (exact) mass is 418 g/mol. The van der Waals surface area contributed by atoms with E-state index in [9.17, 15) is 18.9 Å². The van der Waals surface area contributed by atoms with Crippen LogP contribution in [0, 0.1) is 10.7 Å². The SMILES string of the molecule is CON(C)C1CN(c2nc3c(cc2F)c(=O)c(C(=O)N=O)cn3-c2ccns2)C1. The minimum Gasteiger partial charge on any atom is -0.351 e. The van der Waals surface area contributed by atoms with Crippen LogP contribution in [0.3, 0.4) is 0 Å². The summed E-state index contributed by atoms with van der Waals surface area (Å²) in [5.74, 6) is -1.84. The van der Waals surface area contributed by atoms with Crippen molar-refractivity contribution in [1.29, 1.82) is 0 Å². The molecule has 1 saturated heterocycles. The predicted molar refractivity (Wildman–Crippen MR) is 104 cm³/mol. The highest BCUT2D eigenvalue weighted by Crippen LogP contribution is 2.28. The largest absolute Gasteiger partial charge is 0.351 e. The van der Waals surface area contributed by atoms with Crippen LogP contribution in [0.5, 0.6) is 0 Å². The quantitative estimate of drug-likeness (QED) is 0.454. The standard InChI is InChI=1S/C17H15FN6O4S/c1-22(28-2)9-6-23(7-9)16-12(18)5-10-14(25)11(17(26)21-27)8-24(15(10)20-16)13-3-4-19-29-13/h3-5,8-9H,6-7H2,1-2H3. The van der Waals surface area contributed by atoms with Gasteiger partial charge in [0.1, 0.15) is 10.6 Å². The Kier molecular flexibility index (Phi) is 4.90. The number of fused-ring (bicyclic) bond motifs is 1. The number of pyridine rings is 2. The summed E-state index contributed by atoms with van der Waals surface area (Å²) in [6, 6.07) is 2.76. The molecule has 3 aromatic rings. The van der Waals surface area contributed by atoms with Crippen LogP contribution in [0.25, 0.3) is 16.0 Å². The topological polar surface area (TPSA) is 110 Å². The molecule has 4 heterocycles. The number of anilines is 1. The zero-order chi connectivity index (χ0) is 20.7. The van der Waals surface area contributed by atoms with E-state index < -0.39 is 22.7 Å². The maximum absolute atomic E-state index is 14.8. The summed E-state index contributed by atoms with van der Waals surface area (Å²) < 4.78 is 20.2. The Morgan fingerprint density at radius 2 is 2.21 bits per heavy atom. The molecule has 1 aliphatic rings. The first-order chi connectivity index (χ1) is 13.9. The summed E-state index contributed by atoms with van der Waals surface area (Å²) in [7, 11) is 3.34. The molecule has 12 heteroatoms. The van der Waals surface area contributed by atoms with Crippen LogP contribution in [0.1, 0.15) is 10.4 Å². The second kappa shape index (κ2) is 7.39. The Bertz CT molecular complexity index is 1160. The van der Waals surface area contributed by atoms with Gasteiger partial charge in [-0.25, -0.2) is 9.37 Å². The highest BCUT2D eigenvalue weighted by Gasteiger charge is 2.33. The van der Waals surface area contributed by atoms with Crippen molar-refractivity contribution in [2.24, 2.45) is 5.18 Å². The summed E-state index contributed by atoms with van der Waals surface area (Å²) >= 11 is 1.09. The molecule has 0 radical (unpaired) electrons. The first-order valence-corrected chi connectivity index (χ1v) is 9.28. The van der Waals surface area contributed by atoms with E-state index in [0.29, 0.717) is 18.1 Å². The molecule has 29 heavy (non-hydrogen) atoms. The van der Waals surface area contributed by atoms with Crippen LogP contribution in [-0.4, -0.2) is 58.2 Å². The minimum atomic E-state index is -1.23. The molecular formula is C17H15FN6O4S. The van der Waals surface area contributed by atoms with E-state index in [-0.39, 0.29) is 22.9 Å². The molecule has 0 atom stereocenters. The Hall–Kier alpha value is -3.09. The molecule has 0 unspecified atom stereocenters. The van der Waals surface area contributed by atoms with Crippen molar-refractivity contribution < 1.29 is 14.0 Å². The van der Waals surface area contributed by atoms with E-state index in [4.69, 9.17) is 4.84 Å². The van der Waals surface area contributed by atoms with Crippen LogP contribution in [0.15, 0.2) is 34.5 Å². The molecule has 0 N–H and O–H groups in total. The lowest BCUT2D eigenvalue weighted by Gasteiger charge is -2.43. The molecule has 0 aromatic carbocycles. The minimum absolute atomic E-state index is 0.0826. The second-order valence-corrected chi connectivity index (χ2v) is 7.25. The van der Waals surface area contributed by atoms with Crippen molar-refractivity contribution >= 4 is 34.3 Å². The lowest BCUT2D eigenvalue weighted by Crippen LogP contribution is -2.58. The van der Waals surface area contributed by atoms with Crippen molar-refractivity contribution in [1.82, 2.24) is 19.0 Å². The van der Waals surface area contributed by atoms with Gasteiger partial charge in [-0.15, -0.1) is 4.91 Å². The van der Waals surface area contributed by atoms with Gasteiger partial charge in [-0.2, -0.15) is 9.44 Å². The predicted octanol–water partition coefficient (Wildman–Crippen LogP) is 1.57. The number of amides is 1. The van der Waals surface area contributed by atoms with Gasteiger partial charge < -0.3 is 9.74 Å². The van der Waals surface area contributed by atoms with Gasteiger partial charge in [0, 0.05) is 37.7 Å². The fourth-order valence-corrected chi connectivity index (χ4v) is 3.72. The van der Waals surface area contributed by atoms with E-state index in [2.05, 4.69) is 14.5 Å². The lowest BCUT2D eigenvalue weighted by molar-refractivity contribution is -0.146. The smallest absolute Gasteiger partial charge is 0.322 e. The molecule has 3 aromatic heterocycles. The van der Waals surface area contributed by atoms with Crippen LogP contribution >= 0.6 is 11.5 Å². The van der Waals surface area contributed by atoms with Crippen molar-refractivity contribution in [3.63, 3.8) is 0 Å². The van der Waals surface area contributed by atoms with Gasteiger partial charge in [-0.3, -0.25) is 14.2 Å². The molecule has 1 aliphatic heterocycles. The second-order valence-electron chi connectivity index (χ2n) is 6.44. The first kappa shape index (κ1) is 19.2. The van der Waals surface area contributed by atoms with E-state index in [1.807, 2.05) is 0 Å². The summed E-state index contributed by atoms with van der Waals surface area (Å²) in [5.41, 5.74) is -1.11. The molecule has 1 amide bonds. The van der Waals surface area contributed by atoms with Gasteiger partial charge >= 0.3 is 5.91 Å². The number of hydrogen-bond donors (Lipinski definition) is 0. The van der Waals surface area contributed by atoms with Crippen molar-refractivity contribution in [2.45, 2.75) is 6.04 Å². The van der Waals surface area contributed by atoms with Crippen molar-refractivity contribution in [2.75, 3.05) is 32.1 Å². The molecule has 0 spiro atoms. The molecule has 10 nitrogen and oxygen atoms in total. The molecule has 0 aliphatic carbocycles. The first-order valence-electron chi connectivity index (χ1n) is 8.51. The van der Waals surface area contributed by atoms with E-state index in [0.717, 1.165) is 17.6 Å². The number of aromatic nitrogens is 3. The fraction of sp³-hybridized carbons (Fsp3) is 0.294. The average molecular weight is 418 g/mol. The average Bonchev–Trinajstić information content (AvgIpc) is 3.22. The van der Waals surface area contributed by atoms with Crippen molar-refractivity contribution in [3.05, 3.63) is 51.0 Å². The molecule has 150 valence electrons. The summed E-state index contributed by atoms with van der Waals surface area (Å²) in [4.78, 5) is 46.4. The number of rotatable bonds is 5. The molecule has 4 rings (SSSR count). The van der Waals surface area contributed by atoms with Gasteiger partial charge in [0.05, 0.1) is 18.5 Å². The maximum Gasteiger partial charge on any atom is 0.322 e. The van der Waals surface area contributed by atoms with Crippen LogP contribution < -0.4 is 10.3 Å². The highest BCUT2D eigenvalue weighted by atomic mass is 32.1. The van der Waals surface area contributed by atoms with E-state index in [1.165, 1.54) is 17.0 Å². The third kappa shape index (κ3) is 3.20. The van der Waals surface area contributed by atoms with Gasteiger partial charge in [0.25, 0.3) is 0 Å². The van der Waals surface area contributed by atoms with Crippen molar-refractivity contribution in [3.8, 4) is 5.00 Å². The number of hydroxylamine groups is 2. The molecular weight excluding hydrogens is 403 g/mol. The number of carbonyl (C=O) groups is 1. The molecule has 1 fully saturated rings. The Morgan fingerprint density at radius 1 is 1.45 bits per heavy atom. The molecule has 0 bridgehead atoms. The Morgan fingerprint density at radius 3 is 2.83 bits per heavy atom. The summed E-state index contributed by atoms with van der Waals surface area (Å²) in [6.07, 6.45) is 2.72. The van der Waals surface area contributed by atoms with E-state index >= 15 is 0 Å². The lowest BCUT2D eigenvalue weighted by atomic mass is 10.1. The number of carbonyl (C=O) groups excluding carboxylic acids is 1. The van der Waals surface area contributed by atoms with Gasteiger partial charge in [-0.1, -0.05) is 0 Å². The van der Waals surface area contributed by atoms with E-state index in [1.54, 1.807) is 30.2 Å². The zero-order valence-corrected chi connectivity index (χ0v) is 16.2. The third-order valence-corrected chi connectivity index (χ3v) is 5.60. The Balaban J connectivity index is 1.88. The third-order valence-electron chi connectivity index (χ3n) is 4.85. The summed E-state index contributed by atoms with van der Waals surface area (Å²) in [6.45, 7) is 0.992. The summed E-state index contributed by atoms with van der Waals surface area (Å²) in [5, 5.41) is 4.41. The van der Waals surface area contributed by atoms with Gasteiger partial charge in [0.2, 0.25) is 5.43 Å². The van der Waals surface area contributed by atoms with Gasteiger partial charge in [0.15, 0.2) is 17.3 Å². The van der Waals surface area contributed by atoms with Crippen LogP contribution in [0.4, 0.5) is 10.2 Å². The van der Waals surface area contributed by atoms with Gasteiger partial charge in [-0.05, 0) is 23.7 Å². The number of likely N-dealkylation sites (N-methyl/N-ethyl adjacent to an activating group) is 1. The van der Waals surface area contributed by atoms with Crippen LogP contribution in [0.2, 0.25) is 0 Å². The molecule has 0 saturated carbocycles. The van der Waals surface area contributed by atoms with Crippen LogP contribution in [-0.2, 0) is 4.84 Å². The Labute approximate surface area is 167 Å². The number of hydrogen-bond acceptors (Lipinski definition) is 9. The number of nitroso groups, excluding NO2 is 1. The number of nitrogens with zero attached hydrogens (tertiary/aromatic N) is 6.